The largest absolute Gasteiger partial charge is 0.462 e. The van der Waals surface area contributed by atoms with E-state index in [4.69, 9.17) is 4.74 Å². The molecule has 0 unspecified atom stereocenters. The Morgan fingerprint density at radius 2 is 1.84 bits per heavy atom. The van der Waals surface area contributed by atoms with Gasteiger partial charge in [-0.1, -0.05) is 18.2 Å². The zero-order valence-corrected chi connectivity index (χ0v) is 17.6. The molecule has 0 aliphatic carbocycles. The predicted octanol–water partition coefficient (Wildman–Crippen LogP) is 3.25. The fourth-order valence-corrected chi connectivity index (χ4v) is 3.00. The Bertz CT molecular complexity index is 1100. The Morgan fingerprint density at radius 3 is 2.52 bits per heavy atom. The summed E-state index contributed by atoms with van der Waals surface area (Å²) in [5.41, 5.74) is 3.75. The Morgan fingerprint density at radius 1 is 1.10 bits per heavy atom. The van der Waals surface area contributed by atoms with Crippen molar-refractivity contribution in [1.82, 2.24) is 15.1 Å². The lowest BCUT2D eigenvalue weighted by Gasteiger charge is -2.10. The Balaban J connectivity index is 1.73. The van der Waals surface area contributed by atoms with Crippen LogP contribution in [0.3, 0.4) is 0 Å². The lowest BCUT2D eigenvalue weighted by Crippen LogP contribution is -2.19. The minimum atomic E-state index is -0.419. The molecule has 8 heteroatoms. The summed E-state index contributed by atoms with van der Waals surface area (Å²) in [6.07, 6.45) is 1.47. The number of benzene rings is 2. The van der Waals surface area contributed by atoms with Gasteiger partial charge in [-0.3, -0.25) is 9.59 Å². The van der Waals surface area contributed by atoms with Crippen LogP contribution < -0.4 is 10.6 Å². The molecule has 0 radical (unpaired) electrons. The van der Waals surface area contributed by atoms with Gasteiger partial charge in [-0.05, 0) is 49.7 Å². The standard InChI is InChI=1S/C23H24N4O4/c1-4-31-23(30)21-14-25-27(15(21)2)20-7-5-6-19(12-20)26-22(29)18-10-8-17(9-11-18)13-24-16(3)28/h5-12,14H,4,13H2,1-3H3,(H,24,28)(H,26,29). The van der Waals surface area contributed by atoms with Crippen molar-refractivity contribution in [3.63, 3.8) is 0 Å². The second-order valence-electron chi connectivity index (χ2n) is 6.89. The minimum Gasteiger partial charge on any atom is -0.462 e. The highest BCUT2D eigenvalue weighted by molar-refractivity contribution is 6.04. The summed E-state index contributed by atoms with van der Waals surface area (Å²) >= 11 is 0. The number of hydrogen-bond acceptors (Lipinski definition) is 5. The SMILES string of the molecule is CCOC(=O)c1cnn(-c2cccc(NC(=O)c3ccc(CNC(C)=O)cc3)c2)c1C. The van der Waals surface area contributed by atoms with Crippen molar-refractivity contribution < 1.29 is 19.1 Å². The normalized spacial score (nSPS) is 10.4. The van der Waals surface area contributed by atoms with Gasteiger partial charge in [-0.2, -0.15) is 5.10 Å². The van der Waals surface area contributed by atoms with Crippen LogP contribution in [0, 0.1) is 6.92 Å². The van der Waals surface area contributed by atoms with E-state index in [2.05, 4.69) is 15.7 Å². The summed E-state index contributed by atoms with van der Waals surface area (Å²) in [6.45, 7) is 5.70. The fraction of sp³-hybridized carbons (Fsp3) is 0.217. The predicted molar refractivity (Wildman–Crippen MR) is 116 cm³/mol. The average molecular weight is 420 g/mol. The number of amides is 2. The van der Waals surface area contributed by atoms with Crippen LogP contribution in [-0.4, -0.2) is 34.2 Å². The van der Waals surface area contributed by atoms with Crippen LogP contribution in [0.2, 0.25) is 0 Å². The lowest BCUT2D eigenvalue weighted by molar-refractivity contribution is -0.119. The molecule has 1 aromatic heterocycles. The first-order chi connectivity index (χ1) is 14.9. The molecule has 0 fully saturated rings. The smallest absolute Gasteiger partial charge is 0.341 e. The number of carbonyl (C=O) groups excluding carboxylic acids is 3. The maximum Gasteiger partial charge on any atom is 0.341 e. The molecule has 0 atom stereocenters. The summed E-state index contributed by atoms with van der Waals surface area (Å²) in [4.78, 5) is 35.6. The van der Waals surface area contributed by atoms with Crippen LogP contribution >= 0.6 is 0 Å². The summed E-state index contributed by atoms with van der Waals surface area (Å²) in [5.74, 6) is -0.784. The first kappa shape index (κ1) is 21.8. The van der Waals surface area contributed by atoms with E-state index in [1.807, 2.05) is 6.07 Å². The lowest BCUT2D eigenvalue weighted by atomic mass is 10.1. The van der Waals surface area contributed by atoms with Gasteiger partial charge in [0.05, 0.1) is 24.2 Å². The van der Waals surface area contributed by atoms with Gasteiger partial charge in [0.25, 0.3) is 5.91 Å². The monoisotopic (exact) mass is 420 g/mol. The number of nitrogens with one attached hydrogen (secondary N) is 2. The first-order valence-corrected chi connectivity index (χ1v) is 9.86. The highest BCUT2D eigenvalue weighted by atomic mass is 16.5. The van der Waals surface area contributed by atoms with E-state index in [9.17, 15) is 14.4 Å². The van der Waals surface area contributed by atoms with Crippen LogP contribution in [0.25, 0.3) is 5.69 Å². The van der Waals surface area contributed by atoms with Gasteiger partial charge in [0.1, 0.15) is 5.56 Å². The summed E-state index contributed by atoms with van der Waals surface area (Å²) < 4.78 is 6.67. The van der Waals surface area contributed by atoms with E-state index >= 15 is 0 Å². The van der Waals surface area contributed by atoms with Crippen molar-refractivity contribution >= 4 is 23.5 Å². The number of carbonyl (C=O) groups is 3. The van der Waals surface area contributed by atoms with Crippen molar-refractivity contribution in [2.75, 3.05) is 11.9 Å². The maximum absolute atomic E-state index is 12.6. The third-order valence-electron chi connectivity index (χ3n) is 4.61. The molecule has 0 spiro atoms. The molecule has 0 saturated carbocycles. The van der Waals surface area contributed by atoms with Gasteiger partial charge in [0.15, 0.2) is 0 Å². The highest BCUT2D eigenvalue weighted by Gasteiger charge is 2.16. The van der Waals surface area contributed by atoms with Crippen molar-refractivity contribution in [3.8, 4) is 5.69 Å². The fourth-order valence-electron chi connectivity index (χ4n) is 3.00. The van der Waals surface area contributed by atoms with E-state index in [1.54, 1.807) is 61.0 Å². The molecule has 3 rings (SSSR count). The molecule has 0 aliphatic heterocycles. The third kappa shape index (κ3) is 5.36. The highest BCUT2D eigenvalue weighted by Crippen LogP contribution is 2.19. The van der Waals surface area contributed by atoms with Gasteiger partial charge in [0, 0.05) is 24.7 Å². The molecule has 8 nitrogen and oxygen atoms in total. The molecule has 0 saturated heterocycles. The first-order valence-electron chi connectivity index (χ1n) is 9.86. The van der Waals surface area contributed by atoms with E-state index < -0.39 is 5.97 Å². The minimum absolute atomic E-state index is 0.108. The van der Waals surface area contributed by atoms with Gasteiger partial charge < -0.3 is 15.4 Å². The third-order valence-corrected chi connectivity index (χ3v) is 4.61. The second kappa shape index (κ2) is 9.71. The van der Waals surface area contributed by atoms with Crippen LogP contribution in [0.5, 0.6) is 0 Å². The van der Waals surface area contributed by atoms with E-state index in [0.717, 1.165) is 5.56 Å². The maximum atomic E-state index is 12.6. The zero-order chi connectivity index (χ0) is 22.4. The molecular formula is C23H24N4O4. The Kier molecular flexibility index (Phi) is 6.81. The number of ether oxygens (including phenoxy) is 1. The van der Waals surface area contributed by atoms with Gasteiger partial charge >= 0.3 is 5.97 Å². The Labute approximate surface area is 180 Å². The Hall–Kier alpha value is -3.94. The zero-order valence-electron chi connectivity index (χ0n) is 17.6. The molecule has 1 heterocycles. The summed E-state index contributed by atoms with van der Waals surface area (Å²) in [5, 5.41) is 9.86. The molecule has 160 valence electrons. The van der Waals surface area contributed by atoms with E-state index in [0.29, 0.717) is 41.3 Å². The van der Waals surface area contributed by atoms with E-state index in [1.165, 1.54) is 13.1 Å². The van der Waals surface area contributed by atoms with Crippen molar-refractivity contribution in [3.05, 3.63) is 77.1 Å². The topological polar surface area (TPSA) is 102 Å². The molecule has 2 amide bonds. The molecule has 0 bridgehead atoms. The molecule has 31 heavy (non-hydrogen) atoms. The number of hydrogen-bond donors (Lipinski definition) is 2. The number of nitrogens with zero attached hydrogens (tertiary/aromatic N) is 2. The van der Waals surface area contributed by atoms with Crippen molar-refractivity contribution in [1.29, 1.82) is 0 Å². The van der Waals surface area contributed by atoms with E-state index in [-0.39, 0.29) is 11.8 Å². The molecule has 0 aliphatic rings. The molecule has 3 aromatic rings. The number of esters is 1. The van der Waals surface area contributed by atoms with Crippen LogP contribution in [0.1, 0.15) is 45.8 Å². The quantitative estimate of drug-likeness (QED) is 0.571. The summed E-state index contributed by atoms with van der Waals surface area (Å²) in [6, 6.07) is 14.2. The number of aromatic nitrogens is 2. The summed E-state index contributed by atoms with van der Waals surface area (Å²) in [7, 11) is 0. The van der Waals surface area contributed by atoms with Crippen LogP contribution in [0.15, 0.2) is 54.7 Å². The second-order valence-corrected chi connectivity index (χ2v) is 6.89. The number of anilines is 1. The molecule has 2 aromatic carbocycles. The van der Waals surface area contributed by atoms with Crippen molar-refractivity contribution in [2.45, 2.75) is 27.3 Å². The van der Waals surface area contributed by atoms with Crippen LogP contribution in [0.4, 0.5) is 5.69 Å². The average Bonchev–Trinajstić information content (AvgIpc) is 3.14. The molecular weight excluding hydrogens is 396 g/mol. The van der Waals surface area contributed by atoms with Crippen LogP contribution in [-0.2, 0) is 16.1 Å². The number of rotatable bonds is 7. The van der Waals surface area contributed by atoms with Gasteiger partial charge in [-0.15, -0.1) is 0 Å². The molecule has 2 N–H and O–H groups in total. The van der Waals surface area contributed by atoms with Crippen molar-refractivity contribution in [2.24, 2.45) is 0 Å². The van der Waals surface area contributed by atoms with Gasteiger partial charge in [-0.25, -0.2) is 9.48 Å². The van der Waals surface area contributed by atoms with Gasteiger partial charge in [0.2, 0.25) is 5.91 Å².